The summed E-state index contributed by atoms with van der Waals surface area (Å²) in [4.78, 5) is 30.9. The number of carbonyl (C=O) groups is 2. The van der Waals surface area contributed by atoms with Gasteiger partial charge in [0.05, 0.1) is 16.7 Å². The van der Waals surface area contributed by atoms with Crippen LogP contribution in [0.2, 0.25) is 0 Å². The van der Waals surface area contributed by atoms with E-state index in [2.05, 4.69) is 15.6 Å². The highest BCUT2D eigenvalue weighted by molar-refractivity contribution is 7.09. The van der Waals surface area contributed by atoms with Gasteiger partial charge in [-0.05, 0) is 32.1 Å². The van der Waals surface area contributed by atoms with Gasteiger partial charge in [-0.25, -0.2) is 9.78 Å². The van der Waals surface area contributed by atoms with Gasteiger partial charge in [-0.2, -0.15) is 0 Å². The topological polar surface area (TPSA) is 74.3 Å². The zero-order valence-electron chi connectivity index (χ0n) is 13.0. The predicted octanol–water partition coefficient (Wildman–Crippen LogP) is 1.82. The number of hydrogen-bond acceptors (Lipinski definition) is 4. The Balaban J connectivity index is 1.69. The van der Waals surface area contributed by atoms with E-state index in [4.69, 9.17) is 0 Å². The Hall–Kier alpha value is -1.63. The molecule has 2 fully saturated rings. The molecule has 1 aromatic rings. The highest BCUT2D eigenvalue weighted by Gasteiger charge is 2.36. The van der Waals surface area contributed by atoms with Gasteiger partial charge in [0.1, 0.15) is 6.04 Å². The van der Waals surface area contributed by atoms with Crippen molar-refractivity contribution in [3.05, 3.63) is 16.1 Å². The quantitative estimate of drug-likeness (QED) is 0.872. The number of carbonyl (C=O) groups excluding carboxylic acids is 2. The fourth-order valence-electron chi connectivity index (χ4n) is 3.23. The van der Waals surface area contributed by atoms with E-state index < -0.39 is 6.04 Å². The number of thiazole rings is 1. The van der Waals surface area contributed by atoms with E-state index in [9.17, 15) is 9.59 Å². The molecule has 3 heterocycles. The minimum absolute atomic E-state index is 0.0342. The van der Waals surface area contributed by atoms with Gasteiger partial charge >= 0.3 is 6.03 Å². The molecule has 0 aliphatic carbocycles. The fourth-order valence-corrected chi connectivity index (χ4v) is 3.89. The summed E-state index contributed by atoms with van der Waals surface area (Å²) in [7, 11) is 0. The van der Waals surface area contributed by atoms with E-state index in [-0.39, 0.29) is 23.9 Å². The third-order valence-electron chi connectivity index (χ3n) is 4.52. The van der Waals surface area contributed by atoms with Crippen LogP contribution in [0.3, 0.4) is 0 Å². The van der Waals surface area contributed by atoms with E-state index in [1.54, 1.807) is 11.3 Å². The molecule has 6 nitrogen and oxygen atoms in total. The van der Waals surface area contributed by atoms with E-state index >= 15 is 0 Å². The molecule has 2 aliphatic rings. The molecule has 2 N–H and O–H groups in total. The van der Waals surface area contributed by atoms with Crippen LogP contribution in [0.4, 0.5) is 4.79 Å². The average Bonchev–Trinajstić information content (AvgIpc) is 3.11. The lowest BCUT2D eigenvalue weighted by Crippen LogP contribution is -2.56. The predicted molar refractivity (Wildman–Crippen MR) is 84.6 cm³/mol. The summed E-state index contributed by atoms with van der Waals surface area (Å²) in [6.45, 7) is 5.39. The third-order valence-corrected chi connectivity index (χ3v) is 5.31. The van der Waals surface area contributed by atoms with Crippen LogP contribution in [0.1, 0.15) is 42.9 Å². The molecule has 0 spiro atoms. The average molecular weight is 322 g/mol. The molecule has 7 heteroatoms. The van der Waals surface area contributed by atoms with E-state index in [1.807, 2.05) is 24.1 Å². The van der Waals surface area contributed by atoms with Crippen molar-refractivity contribution in [1.82, 2.24) is 20.5 Å². The summed E-state index contributed by atoms with van der Waals surface area (Å²) < 4.78 is 0. The van der Waals surface area contributed by atoms with Gasteiger partial charge in [-0.1, -0.05) is 6.92 Å². The lowest BCUT2D eigenvalue weighted by Gasteiger charge is -2.32. The van der Waals surface area contributed by atoms with Crippen molar-refractivity contribution in [1.29, 1.82) is 0 Å². The Morgan fingerprint density at radius 3 is 3.00 bits per heavy atom. The summed E-state index contributed by atoms with van der Waals surface area (Å²) >= 11 is 1.61. The molecule has 2 saturated heterocycles. The maximum atomic E-state index is 12.6. The van der Waals surface area contributed by atoms with Crippen molar-refractivity contribution in [2.45, 2.75) is 45.2 Å². The van der Waals surface area contributed by atoms with Crippen LogP contribution in [0, 0.1) is 12.8 Å². The highest BCUT2D eigenvalue weighted by Crippen LogP contribution is 2.32. The molecular weight excluding hydrogens is 300 g/mol. The molecule has 0 aromatic carbocycles. The molecule has 2 unspecified atom stereocenters. The molecule has 22 heavy (non-hydrogen) atoms. The Labute approximate surface area is 134 Å². The van der Waals surface area contributed by atoms with Crippen molar-refractivity contribution < 1.29 is 9.59 Å². The number of nitrogens with one attached hydrogen (secondary N) is 2. The Morgan fingerprint density at radius 2 is 2.32 bits per heavy atom. The number of amides is 3. The zero-order valence-corrected chi connectivity index (χ0v) is 13.8. The number of rotatable bonds is 2. The molecule has 2 aliphatic heterocycles. The standard InChI is InChI=1S/C15H22N4O2S/c1-9-5-6-16-14(20)13(9)18-15(21)19-7-3-4-12(19)11-8-22-10(2)17-11/h8-9,12-13H,3-7H2,1-2H3,(H,16,20)(H,18,21)/t9?,12-,13?/m1/s1. The molecule has 0 radical (unpaired) electrons. The second-order valence-electron chi connectivity index (χ2n) is 6.13. The lowest BCUT2D eigenvalue weighted by molar-refractivity contribution is -0.125. The van der Waals surface area contributed by atoms with Crippen molar-refractivity contribution in [2.24, 2.45) is 5.92 Å². The molecule has 0 bridgehead atoms. The molecular formula is C15H22N4O2S. The van der Waals surface area contributed by atoms with Crippen LogP contribution in [0.5, 0.6) is 0 Å². The Kier molecular flexibility index (Phi) is 4.33. The van der Waals surface area contributed by atoms with Crippen molar-refractivity contribution in [2.75, 3.05) is 13.1 Å². The fraction of sp³-hybridized carbons (Fsp3) is 0.667. The molecule has 1 aromatic heterocycles. The summed E-state index contributed by atoms with van der Waals surface area (Å²) in [6, 6.07) is -0.548. The normalized spacial score (nSPS) is 28.5. The van der Waals surface area contributed by atoms with Gasteiger partial charge < -0.3 is 15.5 Å². The second kappa shape index (κ2) is 6.24. The largest absolute Gasteiger partial charge is 0.354 e. The molecule has 120 valence electrons. The van der Waals surface area contributed by atoms with E-state index in [0.29, 0.717) is 6.54 Å². The minimum Gasteiger partial charge on any atom is -0.354 e. The van der Waals surface area contributed by atoms with Gasteiger partial charge in [0.25, 0.3) is 0 Å². The van der Waals surface area contributed by atoms with Crippen LogP contribution in [0.25, 0.3) is 0 Å². The number of hydrogen-bond donors (Lipinski definition) is 2. The number of piperidine rings is 1. The first kappa shape index (κ1) is 15.3. The van der Waals surface area contributed by atoms with Gasteiger partial charge in [-0.3, -0.25) is 4.79 Å². The summed E-state index contributed by atoms with van der Waals surface area (Å²) in [5.74, 6) is 0.0904. The molecule has 3 amide bonds. The van der Waals surface area contributed by atoms with Crippen LogP contribution in [-0.2, 0) is 4.79 Å². The second-order valence-corrected chi connectivity index (χ2v) is 7.19. The zero-order chi connectivity index (χ0) is 15.7. The first-order chi connectivity index (χ1) is 10.6. The molecule has 0 saturated carbocycles. The number of urea groups is 1. The molecule has 3 rings (SSSR count). The number of aryl methyl sites for hydroxylation is 1. The van der Waals surface area contributed by atoms with Gasteiger partial charge in [0.15, 0.2) is 0 Å². The Bertz CT molecular complexity index is 574. The maximum Gasteiger partial charge on any atom is 0.318 e. The SMILES string of the molecule is Cc1nc([C@H]2CCCN2C(=O)NC2C(=O)NCCC2C)cs1. The number of aromatic nitrogens is 1. The number of nitrogens with zero attached hydrogens (tertiary/aromatic N) is 2. The molecule has 3 atom stereocenters. The summed E-state index contributed by atoms with van der Waals surface area (Å²) in [5, 5.41) is 8.78. The smallest absolute Gasteiger partial charge is 0.318 e. The van der Waals surface area contributed by atoms with Gasteiger partial charge in [-0.15, -0.1) is 11.3 Å². The van der Waals surface area contributed by atoms with Crippen LogP contribution in [-0.4, -0.2) is 41.0 Å². The van der Waals surface area contributed by atoms with Crippen LogP contribution in [0.15, 0.2) is 5.38 Å². The van der Waals surface area contributed by atoms with Gasteiger partial charge in [0, 0.05) is 18.5 Å². The Morgan fingerprint density at radius 1 is 1.50 bits per heavy atom. The van der Waals surface area contributed by atoms with Gasteiger partial charge in [0.2, 0.25) is 5.91 Å². The monoisotopic (exact) mass is 322 g/mol. The first-order valence-corrected chi connectivity index (χ1v) is 8.71. The summed E-state index contributed by atoms with van der Waals surface area (Å²) in [6.07, 6.45) is 2.80. The van der Waals surface area contributed by atoms with E-state index in [1.165, 1.54) is 0 Å². The van der Waals surface area contributed by atoms with Crippen molar-refractivity contribution >= 4 is 23.3 Å². The van der Waals surface area contributed by atoms with Crippen LogP contribution >= 0.6 is 11.3 Å². The third kappa shape index (κ3) is 2.95. The van der Waals surface area contributed by atoms with E-state index in [0.717, 1.165) is 36.5 Å². The minimum atomic E-state index is -0.431. The maximum absolute atomic E-state index is 12.6. The highest BCUT2D eigenvalue weighted by atomic mass is 32.1. The summed E-state index contributed by atoms with van der Waals surface area (Å²) in [5.41, 5.74) is 0.969. The van der Waals surface area contributed by atoms with Crippen molar-refractivity contribution in [3.63, 3.8) is 0 Å². The first-order valence-electron chi connectivity index (χ1n) is 7.83. The van der Waals surface area contributed by atoms with Crippen LogP contribution < -0.4 is 10.6 Å². The van der Waals surface area contributed by atoms with Crippen molar-refractivity contribution in [3.8, 4) is 0 Å². The number of likely N-dealkylation sites (tertiary alicyclic amines) is 1. The lowest BCUT2D eigenvalue weighted by atomic mass is 9.94.